The van der Waals surface area contributed by atoms with Crippen LogP contribution in [0.4, 0.5) is 0 Å². The van der Waals surface area contributed by atoms with Crippen LogP contribution in [-0.4, -0.2) is 53.3 Å². The van der Waals surface area contributed by atoms with Crippen LogP contribution in [0.5, 0.6) is 0 Å². The molecule has 1 N–H and O–H groups in total. The summed E-state index contributed by atoms with van der Waals surface area (Å²) in [6.45, 7) is -9.43. The topological polar surface area (TPSA) is 39.3 Å². The van der Waals surface area contributed by atoms with Gasteiger partial charge in [0, 0.05) is 55.1 Å². The van der Waals surface area contributed by atoms with Crippen molar-refractivity contribution in [2.75, 3.05) is 26.6 Å². The van der Waals surface area contributed by atoms with Crippen molar-refractivity contribution >= 4 is 22.4 Å². The predicted octanol–water partition coefficient (Wildman–Crippen LogP) is 2.91. The first kappa shape index (κ1) is 7.87. The summed E-state index contributed by atoms with van der Waals surface area (Å²) in [4.78, 5) is 18.5. The van der Waals surface area contributed by atoms with Gasteiger partial charge < -0.3 is 9.88 Å². The zero-order chi connectivity index (χ0) is 25.2. The van der Waals surface area contributed by atoms with Gasteiger partial charge in [-0.25, -0.2) is 0 Å². The molecule has 0 saturated heterocycles. The Labute approximate surface area is 157 Å². The summed E-state index contributed by atoms with van der Waals surface area (Å²) in [5.41, 5.74) is 2.76. The van der Waals surface area contributed by atoms with Gasteiger partial charge in [-0.3, -0.25) is 9.69 Å². The lowest BCUT2D eigenvalue weighted by Gasteiger charge is -2.40. The average Bonchev–Trinajstić information content (AvgIpc) is 3.00. The number of carbonyl (C=O) groups is 1. The monoisotopic (exact) mass is 333 g/mol. The Bertz CT molecular complexity index is 1130. The van der Waals surface area contributed by atoms with E-state index >= 15 is 0 Å². The van der Waals surface area contributed by atoms with E-state index in [1.54, 1.807) is 12.1 Å². The van der Waals surface area contributed by atoms with Crippen LogP contribution >= 0.6 is 0 Å². The fourth-order valence-corrected chi connectivity index (χ4v) is 3.75. The molecule has 1 aromatic heterocycles. The highest BCUT2D eigenvalue weighted by molar-refractivity contribution is 5.99. The van der Waals surface area contributed by atoms with Crippen LogP contribution in [0.3, 0.4) is 0 Å². The third-order valence-corrected chi connectivity index (χ3v) is 4.94. The first-order valence-corrected chi connectivity index (χ1v) is 7.93. The number of amides is 1. The van der Waals surface area contributed by atoms with Gasteiger partial charge in [-0.1, -0.05) is 18.2 Å². The molecular formula is C20H25N3O. The minimum atomic E-state index is -2.57. The predicted molar refractivity (Wildman–Crippen MR) is 97.8 cm³/mol. The molecule has 4 rings (SSSR count). The minimum Gasteiger partial charge on any atom is -0.361 e. The van der Waals surface area contributed by atoms with Crippen LogP contribution in [0.25, 0.3) is 16.5 Å². The van der Waals surface area contributed by atoms with Gasteiger partial charge in [0.15, 0.2) is 0 Å². The molecule has 0 bridgehead atoms. The largest absolute Gasteiger partial charge is 0.361 e. The van der Waals surface area contributed by atoms with Crippen molar-refractivity contribution in [1.82, 2.24) is 14.8 Å². The highest BCUT2D eigenvalue weighted by atomic mass is 16.2. The summed E-state index contributed by atoms with van der Waals surface area (Å²) < 4.78 is 77.8. The lowest BCUT2D eigenvalue weighted by atomic mass is 9.79. The Hall–Kier alpha value is -2.07. The van der Waals surface area contributed by atoms with Gasteiger partial charge in [-0.15, -0.1) is 0 Å². The van der Waals surface area contributed by atoms with Crippen molar-refractivity contribution in [3.05, 3.63) is 41.6 Å². The number of hydrogen-bond donors (Lipinski definition) is 1. The van der Waals surface area contributed by atoms with Gasteiger partial charge in [0.25, 0.3) is 0 Å². The Balaban J connectivity index is 1.81. The van der Waals surface area contributed by atoms with Crippen molar-refractivity contribution in [2.24, 2.45) is 5.92 Å². The lowest BCUT2D eigenvalue weighted by Crippen LogP contribution is -2.47. The molecular weight excluding hydrogens is 298 g/mol. The van der Waals surface area contributed by atoms with Crippen molar-refractivity contribution in [2.45, 2.75) is 26.2 Å². The number of aromatic nitrogens is 1. The number of H-pyrrole nitrogens is 1. The summed E-state index contributed by atoms with van der Waals surface area (Å²) in [5, 5.41) is 0.801. The van der Waals surface area contributed by atoms with Gasteiger partial charge >= 0.3 is 0 Å². The van der Waals surface area contributed by atoms with E-state index in [0.29, 0.717) is 16.7 Å². The quantitative estimate of drug-likeness (QED) is 0.938. The van der Waals surface area contributed by atoms with Gasteiger partial charge in [-0.2, -0.15) is 0 Å². The maximum atomic E-state index is 13.4. The number of fused-ring (bicyclic) bond motifs is 2. The fraction of sp³-hybridized carbons (Fsp3) is 0.450. The van der Waals surface area contributed by atoms with Gasteiger partial charge in [-0.05, 0) is 49.9 Å². The molecule has 1 aromatic carbocycles. The van der Waals surface area contributed by atoms with Crippen molar-refractivity contribution in [3.8, 4) is 0 Å². The summed E-state index contributed by atoms with van der Waals surface area (Å²) >= 11 is 0. The maximum Gasteiger partial charge on any atom is 0.230 e. The zero-order valence-corrected chi connectivity index (χ0v) is 13.1. The summed E-state index contributed by atoms with van der Waals surface area (Å²) in [6.07, 6.45) is 2.14. The van der Waals surface area contributed by atoms with E-state index in [4.69, 9.17) is 13.7 Å². The van der Waals surface area contributed by atoms with Gasteiger partial charge in [0.2, 0.25) is 5.91 Å². The molecule has 0 unspecified atom stereocenters. The van der Waals surface area contributed by atoms with Crippen molar-refractivity contribution < 1.29 is 18.5 Å². The minimum absolute atomic E-state index is 0.215. The van der Waals surface area contributed by atoms with E-state index < -0.39 is 51.6 Å². The molecule has 1 amide bonds. The third kappa shape index (κ3) is 2.20. The van der Waals surface area contributed by atoms with Gasteiger partial charge in [0.05, 0.1) is 7.29 Å². The Morgan fingerprint density at radius 2 is 2.33 bits per heavy atom. The summed E-state index contributed by atoms with van der Waals surface area (Å²) in [6, 6.07) is 4.81. The molecule has 2 heterocycles. The second-order valence-electron chi connectivity index (χ2n) is 6.25. The van der Waals surface area contributed by atoms with Crippen LogP contribution in [0.1, 0.15) is 38.5 Å². The molecule has 4 nitrogen and oxygen atoms in total. The second-order valence-corrected chi connectivity index (χ2v) is 6.25. The van der Waals surface area contributed by atoms with E-state index in [9.17, 15) is 4.79 Å². The van der Waals surface area contributed by atoms with E-state index in [2.05, 4.69) is 4.98 Å². The first-order valence-electron chi connectivity index (χ1n) is 12.9. The van der Waals surface area contributed by atoms with Crippen LogP contribution in [0, 0.1) is 5.92 Å². The van der Waals surface area contributed by atoms with Crippen LogP contribution in [0.15, 0.2) is 30.4 Å². The molecule has 24 heavy (non-hydrogen) atoms. The Morgan fingerprint density at radius 1 is 1.46 bits per heavy atom. The number of benzene rings is 1. The number of rotatable bonds is 3. The number of likely N-dealkylation sites (N-methyl/N-ethyl adjacent to an activating group) is 1. The van der Waals surface area contributed by atoms with E-state index in [1.807, 2.05) is 12.1 Å². The molecule has 0 saturated carbocycles. The second kappa shape index (κ2) is 5.78. The van der Waals surface area contributed by atoms with E-state index in [1.165, 1.54) is 4.90 Å². The van der Waals surface area contributed by atoms with Crippen LogP contribution in [0.2, 0.25) is 0 Å². The maximum absolute atomic E-state index is 13.4. The highest BCUT2D eigenvalue weighted by Gasteiger charge is 2.36. The van der Waals surface area contributed by atoms with Crippen LogP contribution in [-0.2, 0) is 11.2 Å². The fourth-order valence-electron chi connectivity index (χ4n) is 3.75. The highest BCUT2D eigenvalue weighted by Crippen LogP contribution is 2.40. The summed E-state index contributed by atoms with van der Waals surface area (Å²) in [5.74, 6) is -1.77. The normalized spacial score (nSPS) is 30.8. The number of aromatic amines is 1. The van der Waals surface area contributed by atoms with E-state index in [-0.39, 0.29) is 19.1 Å². The molecule has 4 heteroatoms. The molecule has 1 aliphatic heterocycles. The average molecular weight is 334 g/mol. The number of nitrogens with one attached hydrogen (secondary N) is 1. The molecule has 2 atom stereocenters. The molecule has 0 fully saturated rings. The molecule has 2 aromatic rings. The first-order chi connectivity index (χ1) is 15.5. The lowest BCUT2D eigenvalue weighted by molar-refractivity contribution is -0.134. The Kier molecular flexibility index (Phi) is 1.90. The van der Waals surface area contributed by atoms with Crippen molar-refractivity contribution in [3.63, 3.8) is 0 Å². The van der Waals surface area contributed by atoms with Crippen molar-refractivity contribution in [1.29, 1.82) is 0 Å². The summed E-state index contributed by atoms with van der Waals surface area (Å²) in [7, 11) is 0. The van der Waals surface area contributed by atoms with Crippen LogP contribution < -0.4 is 0 Å². The number of nitrogens with zero attached hydrogens (tertiary/aromatic N) is 2. The molecule has 2 aliphatic rings. The Morgan fingerprint density at radius 3 is 3.12 bits per heavy atom. The molecule has 126 valence electrons. The smallest absolute Gasteiger partial charge is 0.230 e. The standard InChI is InChI=1S/C20H25N3O/c1-4-23(5-2)20(24)14-9-16-15-7-6-8-17-19(15)13(11-21-17)10-18(16)22(3)12-14/h6-9,11,14,18,21H,4-5,10,12H2,1-3H3/t14-,18-/m1/s1/i1D3,2D3,3D3,11D. The third-order valence-electron chi connectivity index (χ3n) is 4.94. The SMILES string of the molecule is [2H]c1[nH]c2cccc3c2c1C[C@@H]1C3=C[C@@H](C(=O)N(CC([2H])([2H])[2H])CC([2H])([2H])[2H])CN1C([2H])([2H])[2H]. The van der Waals surface area contributed by atoms with Gasteiger partial charge in [0.1, 0.15) is 0 Å². The van der Waals surface area contributed by atoms with E-state index in [0.717, 1.165) is 15.8 Å². The molecule has 0 radical (unpaired) electrons. The molecule has 1 aliphatic carbocycles. The number of hydrogen-bond acceptors (Lipinski definition) is 2. The number of carbonyl (C=O) groups excluding carboxylic acids is 1. The molecule has 0 spiro atoms. The zero-order valence-electron chi connectivity index (χ0n) is 23.1.